The van der Waals surface area contributed by atoms with Gasteiger partial charge in [-0.25, -0.2) is 4.90 Å². The van der Waals surface area contributed by atoms with Crippen LogP contribution in [-0.2, 0) is 0 Å². The predicted octanol–water partition coefficient (Wildman–Crippen LogP) is 3.02. The van der Waals surface area contributed by atoms with E-state index in [1.54, 1.807) is 12.1 Å². The highest BCUT2D eigenvalue weighted by atomic mass is 16.4. The van der Waals surface area contributed by atoms with Crippen molar-refractivity contribution in [3.63, 3.8) is 0 Å². The molecule has 0 spiro atoms. The van der Waals surface area contributed by atoms with E-state index in [9.17, 15) is 19.5 Å². The van der Waals surface area contributed by atoms with E-state index in [0.29, 0.717) is 5.69 Å². The van der Waals surface area contributed by atoms with Gasteiger partial charge in [0, 0.05) is 0 Å². The van der Waals surface area contributed by atoms with Gasteiger partial charge >= 0.3 is 0 Å². The van der Waals surface area contributed by atoms with Crippen LogP contribution in [-0.4, -0.2) is 17.8 Å². The Morgan fingerprint density at radius 3 is 2.00 bits per heavy atom. The molecule has 3 aromatic rings. The summed E-state index contributed by atoms with van der Waals surface area (Å²) in [5.41, 5.74) is 2.53. The van der Waals surface area contributed by atoms with Gasteiger partial charge in [-0.2, -0.15) is 0 Å². The number of imide groups is 1. The van der Waals surface area contributed by atoms with Crippen LogP contribution in [0.15, 0.2) is 72.8 Å². The fourth-order valence-corrected chi connectivity index (χ4v) is 3.09. The van der Waals surface area contributed by atoms with Gasteiger partial charge in [-0.05, 0) is 41.0 Å². The molecule has 0 saturated carbocycles. The topological polar surface area (TPSA) is 77.5 Å². The highest BCUT2D eigenvalue weighted by Crippen LogP contribution is 2.29. The number of carboxylic acids is 1. The molecule has 136 valence electrons. The fourth-order valence-electron chi connectivity index (χ4n) is 3.09. The lowest BCUT2D eigenvalue weighted by Gasteiger charge is -2.13. The average molecular weight is 368 g/mol. The molecular weight excluding hydrogens is 354 g/mol. The van der Waals surface area contributed by atoms with Gasteiger partial charge in [-0.1, -0.05) is 60.7 Å². The third-order valence-electron chi connectivity index (χ3n) is 4.54. The van der Waals surface area contributed by atoms with E-state index in [4.69, 9.17) is 0 Å². The van der Waals surface area contributed by atoms with E-state index >= 15 is 0 Å². The molecule has 0 N–H and O–H groups in total. The molecule has 3 aromatic carbocycles. The molecule has 1 heterocycles. The number of carbonyl (C=O) groups excluding carboxylic acids is 3. The van der Waals surface area contributed by atoms with Crippen LogP contribution in [0.3, 0.4) is 0 Å². The Kier molecular flexibility index (Phi) is 4.33. The predicted molar refractivity (Wildman–Crippen MR) is 104 cm³/mol. The number of aromatic carboxylic acids is 1. The number of anilines is 1. The fraction of sp³-hybridized carbons (Fsp3) is 0. The van der Waals surface area contributed by atoms with Crippen LogP contribution in [0, 0.1) is 0 Å². The summed E-state index contributed by atoms with van der Waals surface area (Å²) in [7, 11) is 0. The number of amides is 2. The van der Waals surface area contributed by atoms with Crippen molar-refractivity contribution in [2.75, 3.05) is 4.90 Å². The van der Waals surface area contributed by atoms with Crippen LogP contribution < -0.4 is 10.0 Å². The molecule has 4 rings (SSSR count). The number of hydrogen-bond donors (Lipinski definition) is 0. The summed E-state index contributed by atoms with van der Waals surface area (Å²) < 4.78 is 0. The quantitative estimate of drug-likeness (QED) is 0.524. The standard InChI is InChI=1S/C23H15NO4/c25-21-19-13-10-17(23(27)28)14-20(19)22(26)24(21)18-11-8-16(9-12-18)7-6-15-4-2-1-3-5-15/h1-14H,(H,27,28)/p-1/b7-6+. The molecule has 28 heavy (non-hydrogen) atoms. The molecule has 0 bridgehead atoms. The van der Waals surface area contributed by atoms with Crippen LogP contribution in [0.25, 0.3) is 12.2 Å². The monoisotopic (exact) mass is 368 g/mol. The molecule has 0 fully saturated rings. The van der Waals surface area contributed by atoms with Crippen molar-refractivity contribution in [3.05, 3.63) is 101 Å². The first-order valence-corrected chi connectivity index (χ1v) is 8.62. The van der Waals surface area contributed by atoms with Crippen LogP contribution >= 0.6 is 0 Å². The number of carbonyl (C=O) groups is 3. The van der Waals surface area contributed by atoms with Gasteiger partial charge in [0.15, 0.2) is 0 Å². The second-order valence-electron chi connectivity index (χ2n) is 6.33. The lowest BCUT2D eigenvalue weighted by atomic mass is 10.1. The van der Waals surface area contributed by atoms with Crippen LogP contribution in [0.2, 0.25) is 0 Å². The lowest BCUT2D eigenvalue weighted by Crippen LogP contribution is -2.29. The third-order valence-corrected chi connectivity index (χ3v) is 4.54. The maximum absolute atomic E-state index is 12.7. The summed E-state index contributed by atoms with van der Waals surface area (Å²) in [5.74, 6) is -2.41. The van der Waals surface area contributed by atoms with E-state index in [1.807, 2.05) is 54.6 Å². The summed E-state index contributed by atoms with van der Waals surface area (Å²) >= 11 is 0. The van der Waals surface area contributed by atoms with Gasteiger partial charge in [0.25, 0.3) is 11.8 Å². The summed E-state index contributed by atoms with van der Waals surface area (Å²) in [4.78, 5) is 37.3. The van der Waals surface area contributed by atoms with Crippen LogP contribution in [0.1, 0.15) is 42.2 Å². The molecule has 1 aliphatic heterocycles. The first kappa shape index (κ1) is 17.4. The van der Waals surface area contributed by atoms with E-state index in [0.717, 1.165) is 16.0 Å². The zero-order valence-electron chi connectivity index (χ0n) is 14.7. The van der Waals surface area contributed by atoms with Gasteiger partial charge in [-0.3, -0.25) is 9.59 Å². The molecule has 2 amide bonds. The minimum Gasteiger partial charge on any atom is -0.545 e. The molecule has 5 heteroatoms. The van der Waals surface area contributed by atoms with Crippen molar-refractivity contribution in [2.45, 2.75) is 0 Å². The Bertz CT molecular complexity index is 1120. The number of hydrogen-bond acceptors (Lipinski definition) is 4. The van der Waals surface area contributed by atoms with Crippen molar-refractivity contribution in [2.24, 2.45) is 0 Å². The number of rotatable bonds is 4. The molecule has 0 radical (unpaired) electrons. The highest BCUT2D eigenvalue weighted by Gasteiger charge is 2.36. The Morgan fingerprint density at radius 1 is 0.750 bits per heavy atom. The zero-order valence-corrected chi connectivity index (χ0v) is 14.7. The SMILES string of the molecule is O=C([O-])c1ccc2c(c1)C(=O)N(c1ccc(/C=C/c3ccccc3)cc1)C2=O. The minimum absolute atomic E-state index is 0.0692. The number of benzene rings is 3. The molecule has 0 aliphatic carbocycles. The van der Waals surface area contributed by atoms with Gasteiger partial charge in [0.1, 0.15) is 0 Å². The summed E-state index contributed by atoms with van der Waals surface area (Å²) in [6, 6.07) is 20.6. The smallest absolute Gasteiger partial charge is 0.266 e. The molecule has 1 aliphatic rings. The van der Waals surface area contributed by atoms with E-state index in [1.165, 1.54) is 18.2 Å². The summed E-state index contributed by atoms with van der Waals surface area (Å²) in [5, 5.41) is 11.0. The molecule has 5 nitrogen and oxygen atoms in total. The number of fused-ring (bicyclic) bond motifs is 1. The van der Waals surface area contributed by atoms with Crippen molar-refractivity contribution < 1.29 is 19.5 Å². The molecule has 0 saturated heterocycles. The van der Waals surface area contributed by atoms with Gasteiger partial charge in [0.2, 0.25) is 0 Å². The minimum atomic E-state index is -1.39. The zero-order chi connectivity index (χ0) is 19.7. The first-order valence-electron chi connectivity index (χ1n) is 8.62. The summed E-state index contributed by atoms with van der Waals surface area (Å²) in [6.45, 7) is 0. The lowest BCUT2D eigenvalue weighted by molar-refractivity contribution is -0.255. The second kappa shape index (κ2) is 6.96. The van der Waals surface area contributed by atoms with Crippen molar-refractivity contribution in [3.8, 4) is 0 Å². The highest BCUT2D eigenvalue weighted by molar-refractivity contribution is 6.34. The normalized spacial score (nSPS) is 13.2. The second-order valence-corrected chi connectivity index (χ2v) is 6.33. The number of nitrogens with zero attached hydrogens (tertiary/aromatic N) is 1. The Labute approximate surface area is 161 Å². The van der Waals surface area contributed by atoms with Gasteiger partial charge < -0.3 is 9.90 Å². The Hall–Kier alpha value is -3.99. The van der Waals surface area contributed by atoms with Crippen LogP contribution in [0.5, 0.6) is 0 Å². The van der Waals surface area contributed by atoms with E-state index in [-0.39, 0.29) is 16.7 Å². The Morgan fingerprint density at radius 2 is 1.36 bits per heavy atom. The van der Waals surface area contributed by atoms with Crippen molar-refractivity contribution >= 4 is 35.6 Å². The molecule has 0 aromatic heterocycles. The van der Waals surface area contributed by atoms with Gasteiger partial charge in [0.05, 0.1) is 22.8 Å². The first-order chi connectivity index (χ1) is 13.5. The molecule has 0 unspecified atom stereocenters. The number of carboxylic acid groups (broad SMARTS) is 1. The van der Waals surface area contributed by atoms with Gasteiger partial charge in [-0.15, -0.1) is 0 Å². The maximum atomic E-state index is 12.7. The van der Waals surface area contributed by atoms with Crippen LogP contribution in [0.4, 0.5) is 5.69 Å². The van der Waals surface area contributed by atoms with Crippen molar-refractivity contribution in [1.82, 2.24) is 0 Å². The maximum Gasteiger partial charge on any atom is 0.266 e. The molecular formula is C23H14NO4-. The largest absolute Gasteiger partial charge is 0.545 e. The summed E-state index contributed by atoms with van der Waals surface area (Å²) in [6.07, 6.45) is 3.91. The average Bonchev–Trinajstić information content (AvgIpc) is 2.97. The molecule has 0 atom stereocenters. The van der Waals surface area contributed by atoms with E-state index < -0.39 is 17.8 Å². The third kappa shape index (κ3) is 3.10. The van der Waals surface area contributed by atoms with Crippen molar-refractivity contribution in [1.29, 1.82) is 0 Å². The Balaban J connectivity index is 1.59. The van der Waals surface area contributed by atoms with E-state index in [2.05, 4.69) is 0 Å².